The molecule has 1 aromatic carbocycles. The third-order valence-electron chi connectivity index (χ3n) is 3.36. The summed E-state index contributed by atoms with van der Waals surface area (Å²) in [5.41, 5.74) is 1.70. The van der Waals surface area contributed by atoms with Gasteiger partial charge < -0.3 is 9.80 Å². The van der Waals surface area contributed by atoms with E-state index in [0.29, 0.717) is 24.6 Å². The predicted molar refractivity (Wildman–Crippen MR) is 92.5 cm³/mol. The first-order valence-electron chi connectivity index (χ1n) is 6.86. The molecule has 4 nitrogen and oxygen atoms in total. The molecule has 21 heavy (non-hydrogen) atoms. The molecule has 0 radical (unpaired) electrons. The molecule has 0 unspecified atom stereocenters. The number of rotatable bonds is 4. The highest BCUT2D eigenvalue weighted by molar-refractivity contribution is 7.99. The van der Waals surface area contributed by atoms with E-state index in [-0.39, 0.29) is 11.8 Å². The van der Waals surface area contributed by atoms with Crippen LogP contribution in [0.3, 0.4) is 0 Å². The van der Waals surface area contributed by atoms with Crippen LogP contribution in [0.1, 0.15) is 6.42 Å². The molecule has 0 bridgehead atoms. The Morgan fingerprint density at radius 2 is 1.38 bits per heavy atom. The van der Waals surface area contributed by atoms with Crippen molar-refractivity contribution in [1.29, 1.82) is 0 Å². The summed E-state index contributed by atoms with van der Waals surface area (Å²) in [6, 6.07) is 7.69. The van der Waals surface area contributed by atoms with Crippen LogP contribution in [0.2, 0.25) is 0 Å². The Bertz CT molecular complexity index is 477. The Balaban J connectivity index is 2.36. The average molecular weight is 324 g/mol. The summed E-state index contributed by atoms with van der Waals surface area (Å²) >= 11 is 3.05. The zero-order valence-corrected chi connectivity index (χ0v) is 14.0. The number of carbonyl (C=O) groups excluding carboxylic acids is 2. The lowest BCUT2D eigenvalue weighted by Gasteiger charge is -2.25. The number of hydrogen-bond donors (Lipinski definition) is 0. The molecule has 114 valence electrons. The lowest BCUT2D eigenvalue weighted by atomic mass is 10.2. The molecule has 1 aliphatic heterocycles. The molecule has 0 aliphatic carbocycles. The number of benzene rings is 1. The van der Waals surface area contributed by atoms with Gasteiger partial charge in [0.25, 0.3) is 0 Å². The van der Waals surface area contributed by atoms with Crippen molar-refractivity contribution >= 4 is 46.7 Å². The lowest BCUT2D eigenvalue weighted by Crippen LogP contribution is -2.33. The van der Waals surface area contributed by atoms with Gasteiger partial charge in [0.15, 0.2) is 0 Å². The number of nitrogens with zero attached hydrogens (tertiary/aromatic N) is 2. The monoisotopic (exact) mass is 324 g/mol. The van der Waals surface area contributed by atoms with Crippen molar-refractivity contribution in [2.24, 2.45) is 0 Å². The number of para-hydroxylation sites is 2. The standard InChI is InChI=1S/C15H20N2O2S2/c1-20-10-14(18)16-8-5-9-17(15(19)11-21-2)13-7-4-3-6-12(13)16/h3-4,6-7H,5,8-11H2,1-2H3. The van der Waals surface area contributed by atoms with Crippen LogP contribution < -0.4 is 9.80 Å². The van der Waals surface area contributed by atoms with Crippen molar-refractivity contribution in [3.63, 3.8) is 0 Å². The van der Waals surface area contributed by atoms with Gasteiger partial charge in [0.2, 0.25) is 11.8 Å². The Labute approximate surface area is 134 Å². The number of amides is 2. The van der Waals surface area contributed by atoms with E-state index in [0.717, 1.165) is 17.8 Å². The van der Waals surface area contributed by atoms with Crippen molar-refractivity contribution in [2.45, 2.75) is 6.42 Å². The Kier molecular flexibility index (Phi) is 5.99. The second kappa shape index (κ2) is 7.75. The summed E-state index contributed by atoms with van der Waals surface area (Å²) in [4.78, 5) is 28.3. The van der Waals surface area contributed by atoms with Gasteiger partial charge in [0, 0.05) is 13.1 Å². The zero-order valence-electron chi connectivity index (χ0n) is 12.4. The molecule has 1 heterocycles. The normalized spacial score (nSPS) is 14.6. The second-order valence-corrected chi connectivity index (χ2v) is 6.53. The minimum absolute atomic E-state index is 0.106. The maximum atomic E-state index is 12.3. The molecule has 0 saturated heterocycles. The SMILES string of the molecule is CSCC(=O)N1CCCN(C(=O)CSC)c2ccccc21. The molecular weight excluding hydrogens is 304 g/mol. The number of thioether (sulfide) groups is 2. The molecule has 0 fully saturated rings. The molecule has 0 saturated carbocycles. The number of fused-ring (bicyclic) bond motifs is 1. The molecule has 0 aromatic heterocycles. The molecule has 0 N–H and O–H groups in total. The van der Waals surface area contributed by atoms with E-state index in [1.165, 1.54) is 23.5 Å². The van der Waals surface area contributed by atoms with Crippen LogP contribution in [-0.4, -0.2) is 48.9 Å². The molecular formula is C15H20N2O2S2. The van der Waals surface area contributed by atoms with Crippen LogP contribution in [0.25, 0.3) is 0 Å². The van der Waals surface area contributed by atoms with Crippen LogP contribution >= 0.6 is 23.5 Å². The van der Waals surface area contributed by atoms with E-state index in [2.05, 4.69) is 0 Å². The summed E-state index contributed by atoms with van der Waals surface area (Å²) < 4.78 is 0. The highest BCUT2D eigenvalue weighted by Crippen LogP contribution is 2.32. The van der Waals surface area contributed by atoms with Gasteiger partial charge in [0.1, 0.15) is 0 Å². The van der Waals surface area contributed by atoms with Gasteiger partial charge in [-0.15, -0.1) is 0 Å². The van der Waals surface area contributed by atoms with E-state index >= 15 is 0 Å². The van der Waals surface area contributed by atoms with Crippen molar-refractivity contribution in [1.82, 2.24) is 0 Å². The summed E-state index contributed by atoms with van der Waals surface area (Å²) in [6.45, 7) is 1.33. The Hall–Kier alpha value is -1.14. The fourth-order valence-corrected chi connectivity index (χ4v) is 3.27. The van der Waals surface area contributed by atoms with Gasteiger partial charge in [-0.05, 0) is 31.1 Å². The number of anilines is 2. The van der Waals surface area contributed by atoms with Crippen LogP contribution in [-0.2, 0) is 9.59 Å². The van der Waals surface area contributed by atoms with Gasteiger partial charge in [-0.3, -0.25) is 9.59 Å². The highest BCUT2D eigenvalue weighted by Gasteiger charge is 2.26. The van der Waals surface area contributed by atoms with Crippen LogP contribution in [0.4, 0.5) is 11.4 Å². The second-order valence-electron chi connectivity index (χ2n) is 4.80. The summed E-state index contributed by atoms with van der Waals surface area (Å²) in [5.74, 6) is 1.14. The molecule has 6 heteroatoms. The van der Waals surface area contributed by atoms with Crippen LogP contribution in [0.15, 0.2) is 24.3 Å². The van der Waals surface area contributed by atoms with Crippen molar-refractivity contribution in [3.05, 3.63) is 24.3 Å². The smallest absolute Gasteiger partial charge is 0.237 e. The van der Waals surface area contributed by atoms with Gasteiger partial charge in [-0.2, -0.15) is 23.5 Å². The molecule has 2 amide bonds. The van der Waals surface area contributed by atoms with E-state index < -0.39 is 0 Å². The average Bonchev–Trinajstić information content (AvgIpc) is 2.67. The molecule has 0 atom stereocenters. The van der Waals surface area contributed by atoms with Crippen molar-refractivity contribution in [3.8, 4) is 0 Å². The fraction of sp³-hybridized carbons (Fsp3) is 0.467. The van der Waals surface area contributed by atoms with E-state index in [9.17, 15) is 9.59 Å². The van der Waals surface area contributed by atoms with Crippen LogP contribution in [0.5, 0.6) is 0 Å². The maximum Gasteiger partial charge on any atom is 0.237 e. The lowest BCUT2D eigenvalue weighted by molar-refractivity contribution is -0.116. The topological polar surface area (TPSA) is 40.6 Å². The Morgan fingerprint density at radius 3 is 1.76 bits per heavy atom. The van der Waals surface area contributed by atoms with E-state index in [1.807, 2.05) is 46.6 Å². The predicted octanol–water partition coefficient (Wildman–Crippen LogP) is 2.48. The number of carbonyl (C=O) groups is 2. The minimum atomic E-state index is 0.106. The summed E-state index contributed by atoms with van der Waals surface area (Å²) in [5, 5.41) is 0. The highest BCUT2D eigenvalue weighted by atomic mass is 32.2. The van der Waals surface area contributed by atoms with Gasteiger partial charge in [-0.25, -0.2) is 0 Å². The minimum Gasteiger partial charge on any atom is -0.310 e. The molecule has 1 aromatic rings. The number of hydrogen-bond acceptors (Lipinski definition) is 4. The van der Waals surface area contributed by atoms with Crippen molar-refractivity contribution in [2.75, 3.05) is 46.9 Å². The van der Waals surface area contributed by atoms with Gasteiger partial charge >= 0.3 is 0 Å². The van der Waals surface area contributed by atoms with Crippen LogP contribution in [0, 0.1) is 0 Å². The van der Waals surface area contributed by atoms with Gasteiger partial charge in [0.05, 0.1) is 22.9 Å². The quantitative estimate of drug-likeness (QED) is 0.853. The summed E-state index contributed by atoms with van der Waals surface area (Å²) in [6.07, 6.45) is 4.65. The third-order valence-corrected chi connectivity index (χ3v) is 4.44. The Morgan fingerprint density at radius 1 is 0.952 bits per heavy atom. The summed E-state index contributed by atoms with van der Waals surface area (Å²) in [7, 11) is 0. The molecule has 1 aliphatic rings. The van der Waals surface area contributed by atoms with E-state index in [4.69, 9.17) is 0 Å². The largest absolute Gasteiger partial charge is 0.310 e. The third kappa shape index (κ3) is 3.74. The first kappa shape index (κ1) is 16.2. The van der Waals surface area contributed by atoms with Crippen molar-refractivity contribution < 1.29 is 9.59 Å². The molecule has 2 rings (SSSR count). The first-order chi connectivity index (χ1) is 10.2. The first-order valence-corrected chi connectivity index (χ1v) is 9.65. The fourth-order valence-electron chi connectivity index (χ4n) is 2.47. The zero-order chi connectivity index (χ0) is 15.2. The van der Waals surface area contributed by atoms with E-state index in [1.54, 1.807) is 0 Å². The van der Waals surface area contributed by atoms with Gasteiger partial charge in [-0.1, -0.05) is 12.1 Å². The maximum absolute atomic E-state index is 12.3. The molecule has 0 spiro atoms.